The Morgan fingerprint density at radius 1 is 1.07 bits per heavy atom. The maximum Gasteiger partial charge on any atom is 0.279 e. The number of rotatable bonds is 8. The molecule has 2 atom stereocenters. The van der Waals surface area contributed by atoms with Crippen LogP contribution in [0.4, 0.5) is 5.69 Å². The highest BCUT2D eigenvalue weighted by atomic mass is 35.5. The summed E-state index contributed by atoms with van der Waals surface area (Å²) in [5.41, 5.74) is 2.48. The lowest BCUT2D eigenvalue weighted by Gasteiger charge is -2.20. The van der Waals surface area contributed by atoms with Crippen molar-refractivity contribution in [3.8, 4) is 0 Å². The highest BCUT2D eigenvalue weighted by molar-refractivity contribution is 6.31. The molecule has 0 aromatic heterocycles. The van der Waals surface area contributed by atoms with E-state index >= 15 is 0 Å². The van der Waals surface area contributed by atoms with Gasteiger partial charge in [0.2, 0.25) is 0 Å². The lowest BCUT2D eigenvalue weighted by Crippen LogP contribution is -3.14. The zero-order valence-corrected chi connectivity index (χ0v) is 17.8. The van der Waals surface area contributed by atoms with Crippen LogP contribution in [0.15, 0.2) is 42.5 Å². The Kier molecular flexibility index (Phi) is 8.30. The van der Waals surface area contributed by atoms with Crippen molar-refractivity contribution in [3.05, 3.63) is 63.6 Å². The van der Waals surface area contributed by atoms with Crippen molar-refractivity contribution in [2.45, 2.75) is 26.8 Å². The van der Waals surface area contributed by atoms with Gasteiger partial charge in [0.05, 0.1) is 12.6 Å². The topological polar surface area (TPSA) is 62.6 Å². The van der Waals surface area contributed by atoms with Gasteiger partial charge in [0, 0.05) is 15.7 Å². The van der Waals surface area contributed by atoms with Crippen LogP contribution in [0, 0.1) is 6.92 Å². The first-order valence-electron chi connectivity index (χ1n) is 9.23. The van der Waals surface area contributed by atoms with Gasteiger partial charge in [0.1, 0.15) is 0 Å². The average Bonchev–Trinajstić information content (AvgIpc) is 2.64. The van der Waals surface area contributed by atoms with E-state index in [9.17, 15) is 9.59 Å². The van der Waals surface area contributed by atoms with Gasteiger partial charge in [-0.3, -0.25) is 9.59 Å². The summed E-state index contributed by atoms with van der Waals surface area (Å²) in [6.07, 6.45) is 0. The summed E-state index contributed by atoms with van der Waals surface area (Å²) >= 11 is 12.2. The second-order valence-electron chi connectivity index (χ2n) is 6.78. The quantitative estimate of drug-likeness (QED) is 0.611. The minimum Gasteiger partial charge on any atom is -0.345 e. The Morgan fingerprint density at radius 2 is 1.75 bits per heavy atom. The molecule has 2 aromatic carbocycles. The van der Waals surface area contributed by atoms with Gasteiger partial charge in [0.25, 0.3) is 11.8 Å². The van der Waals surface area contributed by atoms with Crippen molar-refractivity contribution in [2.24, 2.45) is 0 Å². The fourth-order valence-corrected chi connectivity index (χ4v) is 3.36. The molecule has 0 heterocycles. The third kappa shape index (κ3) is 6.51. The lowest BCUT2D eigenvalue weighted by molar-refractivity contribution is -0.881. The predicted octanol–water partition coefficient (Wildman–Crippen LogP) is 3.02. The number of quaternary nitrogens is 1. The minimum absolute atomic E-state index is 0.129. The predicted molar refractivity (Wildman–Crippen MR) is 114 cm³/mol. The second-order valence-corrected chi connectivity index (χ2v) is 7.62. The Hall–Kier alpha value is -2.08. The molecular weight excluding hydrogens is 397 g/mol. The van der Waals surface area contributed by atoms with Crippen LogP contribution in [0.5, 0.6) is 0 Å². The molecule has 28 heavy (non-hydrogen) atoms. The molecule has 0 radical (unpaired) electrons. The summed E-state index contributed by atoms with van der Waals surface area (Å²) in [5.74, 6) is -0.287. The number of carbonyl (C=O) groups is 2. The summed E-state index contributed by atoms with van der Waals surface area (Å²) in [5, 5.41) is 7.00. The molecule has 0 saturated carbocycles. The number of amides is 2. The van der Waals surface area contributed by atoms with E-state index in [2.05, 4.69) is 10.6 Å². The van der Waals surface area contributed by atoms with Crippen molar-refractivity contribution in [1.82, 2.24) is 5.32 Å². The molecule has 2 aromatic rings. The Labute approximate surface area is 176 Å². The van der Waals surface area contributed by atoms with Crippen molar-refractivity contribution in [3.63, 3.8) is 0 Å². The van der Waals surface area contributed by atoms with E-state index in [-0.39, 0.29) is 30.9 Å². The van der Waals surface area contributed by atoms with Gasteiger partial charge in [-0.25, -0.2) is 0 Å². The molecule has 0 saturated heterocycles. The van der Waals surface area contributed by atoms with Crippen molar-refractivity contribution in [1.29, 1.82) is 0 Å². The van der Waals surface area contributed by atoms with Crippen molar-refractivity contribution < 1.29 is 14.5 Å². The zero-order valence-electron chi connectivity index (χ0n) is 16.3. The third-order valence-corrected chi connectivity index (χ3v) is 5.12. The summed E-state index contributed by atoms with van der Waals surface area (Å²) in [6, 6.07) is 12.6. The number of hydrogen-bond donors (Lipinski definition) is 3. The van der Waals surface area contributed by atoms with Gasteiger partial charge in [-0.15, -0.1) is 0 Å². The number of halogens is 2. The largest absolute Gasteiger partial charge is 0.345 e. The molecule has 0 bridgehead atoms. The summed E-state index contributed by atoms with van der Waals surface area (Å²) in [6.45, 7) is 6.77. The first kappa shape index (κ1) is 22.2. The number of likely N-dealkylation sites (N-methyl/N-ethyl adjacent to an activating group) is 1. The zero-order chi connectivity index (χ0) is 20.7. The first-order chi connectivity index (χ1) is 13.3. The van der Waals surface area contributed by atoms with Crippen LogP contribution in [-0.4, -0.2) is 31.4 Å². The number of aryl methyl sites for hydroxylation is 1. The average molecular weight is 423 g/mol. The van der Waals surface area contributed by atoms with Crippen LogP contribution >= 0.6 is 23.2 Å². The van der Waals surface area contributed by atoms with Crippen LogP contribution in [0.25, 0.3) is 0 Å². The normalized spacial score (nSPS) is 12.9. The van der Waals surface area contributed by atoms with E-state index in [1.165, 1.54) is 0 Å². The Bertz CT molecular complexity index is 842. The van der Waals surface area contributed by atoms with Crippen molar-refractivity contribution in [2.75, 3.05) is 25.0 Å². The summed E-state index contributed by atoms with van der Waals surface area (Å²) in [4.78, 5) is 25.7. The van der Waals surface area contributed by atoms with E-state index in [0.29, 0.717) is 22.3 Å². The number of carbonyl (C=O) groups excluding carboxylic acids is 2. The number of benzene rings is 2. The Morgan fingerprint density at radius 3 is 2.43 bits per heavy atom. The molecular formula is C21H26Cl2N3O2+. The standard InChI is InChI=1S/C21H25Cl2N3O2/c1-4-26(13-21(28)25-19-11-16(22)10-9-14(19)2)12-20(27)24-15(3)17-7-5-6-8-18(17)23/h5-11,15H,4,12-13H2,1-3H3,(H,24,27)(H,25,28)/p+1/t15-/m0/s1. The van der Waals surface area contributed by atoms with Gasteiger partial charge >= 0.3 is 0 Å². The molecule has 0 aliphatic rings. The third-order valence-electron chi connectivity index (χ3n) is 4.54. The number of nitrogens with one attached hydrogen (secondary N) is 3. The number of anilines is 1. The van der Waals surface area contributed by atoms with E-state index < -0.39 is 0 Å². The molecule has 7 heteroatoms. The van der Waals surface area contributed by atoms with Crippen molar-refractivity contribution >= 4 is 40.7 Å². The smallest absolute Gasteiger partial charge is 0.279 e. The fourth-order valence-electron chi connectivity index (χ4n) is 2.89. The fraction of sp³-hybridized carbons (Fsp3) is 0.333. The molecule has 0 fully saturated rings. The lowest BCUT2D eigenvalue weighted by atomic mass is 10.1. The molecule has 3 N–H and O–H groups in total. The van der Waals surface area contributed by atoms with Gasteiger partial charge in [0.15, 0.2) is 13.1 Å². The maximum atomic E-state index is 12.4. The maximum absolute atomic E-state index is 12.4. The highest BCUT2D eigenvalue weighted by Gasteiger charge is 2.19. The van der Waals surface area contributed by atoms with Gasteiger partial charge in [-0.1, -0.05) is 47.5 Å². The van der Waals surface area contributed by atoms with Crippen LogP contribution in [0.3, 0.4) is 0 Å². The second kappa shape index (κ2) is 10.5. The minimum atomic E-state index is -0.206. The van der Waals surface area contributed by atoms with E-state index in [0.717, 1.165) is 16.0 Å². The molecule has 2 rings (SSSR count). The highest BCUT2D eigenvalue weighted by Crippen LogP contribution is 2.22. The van der Waals surface area contributed by atoms with Gasteiger partial charge in [-0.2, -0.15) is 0 Å². The molecule has 2 amide bonds. The van der Waals surface area contributed by atoms with Gasteiger partial charge < -0.3 is 15.5 Å². The molecule has 5 nitrogen and oxygen atoms in total. The van der Waals surface area contributed by atoms with E-state index in [1.807, 2.05) is 45.0 Å². The molecule has 0 aliphatic carbocycles. The Balaban J connectivity index is 1.90. The molecule has 0 aliphatic heterocycles. The van der Waals surface area contributed by atoms with Gasteiger partial charge in [-0.05, 0) is 50.1 Å². The van der Waals surface area contributed by atoms with Crippen LogP contribution in [0.2, 0.25) is 10.0 Å². The van der Waals surface area contributed by atoms with E-state index in [4.69, 9.17) is 23.2 Å². The van der Waals surface area contributed by atoms with Crippen LogP contribution < -0.4 is 15.5 Å². The first-order valence-corrected chi connectivity index (χ1v) is 9.99. The van der Waals surface area contributed by atoms with E-state index in [1.54, 1.807) is 18.2 Å². The summed E-state index contributed by atoms with van der Waals surface area (Å²) < 4.78 is 0. The monoisotopic (exact) mass is 422 g/mol. The summed E-state index contributed by atoms with van der Waals surface area (Å²) in [7, 11) is 0. The van der Waals surface area contributed by atoms with Crippen LogP contribution in [0.1, 0.15) is 31.0 Å². The molecule has 150 valence electrons. The SMILES string of the molecule is CC[NH+](CC(=O)Nc1cc(Cl)ccc1C)CC(=O)N[C@@H](C)c1ccccc1Cl. The molecule has 1 unspecified atom stereocenters. The number of hydrogen-bond acceptors (Lipinski definition) is 2. The van der Waals surface area contributed by atoms with Crippen LogP contribution in [-0.2, 0) is 9.59 Å². The molecule has 0 spiro atoms.